The molecule has 22 heavy (non-hydrogen) atoms. The first-order valence-electron chi connectivity index (χ1n) is 7.14. The van der Waals surface area contributed by atoms with E-state index >= 15 is 0 Å². The zero-order chi connectivity index (χ0) is 16.8. The maximum atomic E-state index is 11.9. The van der Waals surface area contributed by atoms with Crippen LogP contribution in [0.4, 0.5) is 4.79 Å². The minimum atomic E-state index is -0.729. The summed E-state index contributed by atoms with van der Waals surface area (Å²) in [5.74, 6) is -0.482. The third-order valence-corrected chi connectivity index (χ3v) is 3.07. The van der Waals surface area contributed by atoms with Crippen molar-refractivity contribution in [2.24, 2.45) is 5.41 Å². The molecule has 0 aromatic carbocycles. The van der Waals surface area contributed by atoms with E-state index in [2.05, 4.69) is 10.3 Å². The van der Waals surface area contributed by atoms with Crippen LogP contribution in [0.2, 0.25) is 0 Å². The first-order chi connectivity index (χ1) is 10.2. The van der Waals surface area contributed by atoms with Gasteiger partial charge in [-0.2, -0.15) is 0 Å². The van der Waals surface area contributed by atoms with Crippen molar-refractivity contribution in [3.63, 3.8) is 0 Å². The second-order valence-corrected chi connectivity index (χ2v) is 6.31. The van der Waals surface area contributed by atoms with Crippen molar-refractivity contribution < 1.29 is 19.1 Å². The van der Waals surface area contributed by atoms with Crippen molar-refractivity contribution in [2.45, 2.75) is 46.8 Å². The van der Waals surface area contributed by atoms with Gasteiger partial charge in [0.2, 0.25) is 0 Å². The lowest BCUT2D eigenvalue weighted by molar-refractivity contribution is -0.143. The number of amides is 1. The van der Waals surface area contributed by atoms with Crippen LogP contribution in [0.5, 0.6) is 0 Å². The molecule has 0 radical (unpaired) electrons. The number of aryl methyl sites for hydroxylation is 1. The molecule has 0 aliphatic rings. The van der Waals surface area contributed by atoms with E-state index in [0.29, 0.717) is 6.42 Å². The fourth-order valence-electron chi connectivity index (χ4n) is 1.95. The van der Waals surface area contributed by atoms with Crippen molar-refractivity contribution >= 4 is 12.1 Å². The van der Waals surface area contributed by atoms with Crippen molar-refractivity contribution in [2.75, 3.05) is 7.11 Å². The minimum absolute atomic E-state index is 0.106. The lowest BCUT2D eigenvalue weighted by Crippen LogP contribution is -2.43. The fourth-order valence-corrected chi connectivity index (χ4v) is 1.95. The summed E-state index contributed by atoms with van der Waals surface area (Å²) < 4.78 is 9.87. The number of hydrogen-bond donors (Lipinski definition) is 1. The van der Waals surface area contributed by atoms with Crippen LogP contribution in [0.25, 0.3) is 0 Å². The molecule has 6 nitrogen and oxygen atoms in total. The maximum Gasteiger partial charge on any atom is 0.408 e. The van der Waals surface area contributed by atoms with Gasteiger partial charge in [-0.1, -0.05) is 26.8 Å². The number of rotatable bonds is 5. The van der Waals surface area contributed by atoms with Gasteiger partial charge in [0.05, 0.1) is 7.11 Å². The Labute approximate surface area is 131 Å². The number of pyridine rings is 1. The molecule has 1 heterocycles. The van der Waals surface area contributed by atoms with Crippen LogP contribution in [0.1, 0.15) is 38.4 Å². The number of carbonyl (C=O) groups is 2. The van der Waals surface area contributed by atoms with Crippen LogP contribution in [0, 0.1) is 12.3 Å². The number of esters is 1. The molecule has 0 fully saturated rings. The predicted octanol–water partition coefficient (Wildman–Crippen LogP) is 2.59. The summed E-state index contributed by atoms with van der Waals surface area (Å²) in [6.45, 7) is 7.89. The highest BCUT2D eigenvalue weighted by atomic mass is 16.6. The lowest BCUT2D eigenvalue weighted by Gasteiger charge is -2.24. The Morgan fingerprint density at radius 2 is 2.05 bits per heavy atom. The van der Waals surface area contributed by atoms with Gasteiger partial charge < -0.3 is 14.8 Å². The van der Waals surface area contributed by atoms with Gasteiger partial charge in [-0.05, 0) is 24.8 Å². The number of carbonyl (C=O) groups excluding carboxylic acids is 2. The predicted molar refractivity (Wildman–Crippen MR) is 82.2 cm³/mol. The average Bonchev–Trinajstić information content (AvgIpc) is 2.43. The number of alkyl carbamates (subject to hydrolysis) is 1. The highest BCUT2D eigenvalue weighted by Gasteiger charge is 2.27. The molecule has 1 rings (SSSR count). The van der Waals surface area contributed by atoms with Gasteiger partial charge in [0.15, 0.2) is 0 Å². The molecule has 0 unspecified atom stereocenters. The number of nitrogens with one attached hydrogen (secondary N) is 1. The molecule has 0 saturated carbocycles. The molecule has 0 saturated heterocycles. The molecule has 0 bridgehead atoms. The lowest BCUT2D eigenvalue weighted by atomic mass is 9.88. The van der Waals surface area contributed by atoms with Crippen molar-refractivity contribution in [1.82, 2.24) is 10.3 Å². The van der Waals surface area contributed by atoms with Gasteiger partial charge in [0.25, 0.3) is 0 Å². The van der Waals surface area contributed by atoms with E-state index in [1.165, 1.54) is 7.11 Å². The molecule has 1 aromatic heterocycles. The normalized spacial score (nSPS) is 12.4. The monoisotopic (exact) mass is 308 g/mol. The molecule has 1 N–H and O–H groups in total. The number of methoxy groups -OCH3 is 1. The van der Waals surface area contributed by atoms with Gasteiger partial charge in [-0.15, -0.1) is 0 Å². The summed E-state index contributed by atoms with van der Waals surface area (Å²) in [5.41, 5.74) is 1.49. The van der Waals surface area contributed by atoms with Crippen molar-refractivity contribution in [3.8, 4) is 0 Å². The Balaban J connectivity index is 2.60. The summed E-state index contributed by atoms with van der Waals surface area (Å²) in [6, 6.07) is 2.88. The van der Waals surface area contributed by atoms with E-state index < -0.39 is 18.1 Å². The van der Waals surface area contributed by atoms with Gasteiger partial charge in [0.1, 0.15) is 12.6 Å². The summed E-state index contributed by atoms with van der Waals surface area (Å²) in [6.07, 6.45) is 1.49. The smallest absolute Gasteiger partial charge is 0.408 e. The molecule has 1 atom stereocenters. The van der Waals surface area contributed by atoms with Gasteiger partial charge in [-0.25, -0.2) is 9.59 Å². The van der Waals surface area contributed by atoms with Gasteiger partial charge in [0, 0.05) is 17.5 Å². The van der Waals surface area contributed by atoms with E-state index in [4.69, 9.17) is 9.47 Å². The molecular formula is C16H24N2O4. The van der Waals surface area contributed by atoms with Crippen LogP contribution in [0.15, 0.2) is 18.3 Å². The molecule has 0 aliphatic carbocycles. The van der Waals surface area contributed by atoms with Crippen molar-refractivity contribution in [1.29, 1.82) is 0 Å². The topological polar surface area (TPSA) is 77.5 Å². The second-order valence-electron chi connectivity index (χ2n) is 6.31. The molecular weight excluding hydrogens is 284 g/mol. The van der Waals surface area contributed by atoms with E-state index in [1.54, 1.807) is 12.3 Å². The summed E-state index contributed by atoms with van der Waals surface area (Å²) in [4.78, 5) is 27.8. The Hall–Kier alpha value is -2.11. The highest BCUT2D eigenvalue weighted by molar-refractivity contribution is 5.81. The first kappa shape index (κ1) is 17.9. The minimum Gasteiger partial charge on any atom is -0.467 e. The number of ether oxygens (including phenoxy) is 2. The van der Waals surface area contributed by atoms with Crippen LogP contribution in [-0.4, -0.2) is 30.2 Å². The third-order valence-electron chi connectivity index (χ3n) is 3.07. The Morgan fingerprint density at radius 1 is 1.36 bits per heavy atom. The summed E-state index contributed by atoms with van der Waals surface area (Å²) >= 11 is 0. The maximum absolute atomic E-state index is 11.9. The first-order valence-corrected chi connectivity index (χ1v) is 7.14. The zero-order valence-electron chi connectivity index (χ0n) is 13.8. The Morgan fingerprint density at radius 3 is 2.59 bits per heavy atom. The molecule has 0 aliphatic heterocycles. The number of nitrogens with zero attached hydrogens (tertiary/aromatic N) is 1. The zero-order valence-corrected chi connectivity index (χ0v) is 13.8. The van der Waals surface area contributed by atoms with E-state index in [0.717, 1.165) is 11.3 Å². The SMILES string of the molecule is COC(=O)[C@H](CC(C)(C)C)NC(=O)OCc1cccnc1C. The van der Waals surface area contributed by atoms with Gasteiger partial charge >= 0.3 is 12.1 Å². The van der Waals surface area contributed by atoms with Crippen LogP contribution < -0.4 is 5.32 Å². The molecule has 6 heteroatoms. The Kier molecular flexibility index (Phi) is 6.34. The van der Waals surface area contributed by atoms with Crippen LogP contribution in [-0.2, 0) is 20.9 Å². The highest BCUT2D eigenvalue weighted by Crippen LogP contribution is 2.21. The largest absolute Gasteiger partial charge is 0.467 e. The van der Waals surface area contributed by atoms with Crippen LogP contribution >= 0.6 is 0 Å². The van der Waals surface area contributed by atoms with E-state index in [-0.39, 0.29) is 12.0 Å². The van der Waals surface area contributed by atoms with E-state index in [1.807, 2.05) is 33.8 Å². The molecule has 1 amide bonds. The average molecular weight is 308 g/mol. The van der Waals surface area contributed by atoms with Gasteiger partial charge in [-0.3, -0.25) is 4.98 Å². The second kappa shape index (κ2) is 7.77. The van der Waals surface area contributed by atoms with E-state index in [9.17, 15) is 9.59 Å². The van der Waals surface area contributed by atoms with Crippen LogP contribution in [0.3, 0.4) is 0 Å². The molecule has 0 spiro atoms. The number of aromatic nitrogens is 1. The fraction of sp³-hybridized carbons (Fsp3) is 0.562. The third kappa shape index (κ3) is 6.11. The quantitative estimate of drug-likeness (QED) is 0.846. The Bertz CT molecular complexity index is 523. The number of hydrogen-bond acceptors (Lipinski definition) is 5. The van der Waals surface area contributed by atoms with Crippen molar-refractivity contribution in [3.05, 3.63) is 29.6 Å². The summed E-state index contributed by atoms with van der Waals surface area (Å²) in [7, 11) is 1.30. The standard InChI is InChI=1S/C16H24N2O4/c1-11-12(7-6-8-17-11)10-22-15(20)18-13(14(19)21-5)9-16(2,3)4/h6-8,13H,9-10H2,1-5H3,(H,18,20)/t13-/m0/s1. The molecule has 1 aromatic rings. The summed E-state index contributed by atoms with van der Waals surface area (Å²) in [5, 5.41) is 2.56. The molecule has 122 valence electrons.